The molecule has 7 heteroatoms. The van der Waals surface area contributed by atoms with E-state index < -0.39 is 0 Å². The van der Waals surface area contributed by atoms with E-state index in [2.05, 4.69) is 29.4 Å². The first-order valence-corrected chi connectivity index (χ1v) is 10.1. The standard InChI is InChI=1S/C19H26N4O2S/c1-13-7-6-10-16(14(13)2)20-17(24)12-26-19-22-21-18(25)23(19)11-15-8-4-3-5-9-15/h3-5,8-9,13-14,16H,6-7,10-12H2,1-2H3,(H,20,24)(H,21,25)/t13-,14-,16+/m1/s1. The van der Waals surface area contributed by atoms with Crippen molar-refractivity contribution in [3.05, 3.63) is 46.4 Å². The third-order valence-corrected chi connectivity index (χ3v) is 6.27. The van der Waals surface area contributed by atoms with Gasteiger partial charge in [-0.3, -0.25) is 9.36 Å². The summed E-state index contributed by atoms with van der Waals surface area (Å²) in [6, 6.07) is 9.99. The zero-order chi connectivity index (χ0) is 18.5. The Morgan fingerprint density at radius 1 is 1.31 bits per heavy atom. The highest BCUT2D eigenvalue weighted by atomic mass is 32.2. The lowest BCUT2D eigenvalue weighted by molar-refractivity contribution is -0.120. The number of nitrogens with zero attached hydrogens (tertiary/aromatic N) is 2. The van der Waals surface area contributed by atoms with Gasteiger partial charge >= 0.3 is 5.69 Å². The van der Waals surface area contributed by atoms with Crippen molar-refractivity contribution in [3.8, 4) is 0 Å². The summed E-state index contributed by atoms with van der Waals surface area (Å²) >= 11 is 1.29. The summed E-state index contributed by atoms with van der Waals surface area (Å²) in [5, 5.41) is 10.2. The van der Waals surface area contributed by atoms with Gasteiger partial charge in [-0.05, 0) is 23.8 Å². The molecule has 140 valence electrons. The van der Waals surface area contributed by atoms with Crippen LogP contribution >= 0.6 is 11.8 Å². The molecule has 2 aromatic rings. The molecular formula is C19H26N4O2S. The van der Waals surface area contributed by atoms with Gasteiger partial charge in [-0.15, -0.1) is 5.10 Å². The van der Waals surface area contributed by atoms with E-state index in [0.29, 0.717) is 23.5 Å². The van der Waals surface area contributed by atoms with Gasteiger partial charge in [-0.2, -0.15) is 0 Å². The number of hydrogen-bond acceptors (Lipinski definition) is 4. The Kier molecular flexibility index (Phi) is 6.19. The van der Waals surface area contributed by atoms with Gasteiger partial charge in [0.15, 0.2) is 5.16 Å². The lowest BCUT2D eigenvalue weighted by atomic mass is 9.78. The van der Waals surface area contributed by atoms with Crippen LogP contribution in [0.15, 0.2) is 40.3 Å². The summed E-state index contributed by atoms with van der Waals surface area (Å²) in [5.41, 5.74) is 0.763. The molecule has 0 radical (unpaired) electrons. The highest BCUT2D eigenvalue weighted by molar-refractivity contribution is 7.99. The topological polar surface area (TPSA) is 79.8 Å². The Hall–Kier alpha value is -2.02. The van der Waals surface area contributed by atoms with Crippen LogP contribution in [-0.4, -0.2) is 32.5 Å². The van der Waals surface area contributed by atoms with Gasteiger partial charge in [-0.1, -0.05) is 68.8 Å². The van der Waals surface area contributed by atoms with Gasteiger partial charge in [0.05, 0.1) is 12.3 Å². The zero-order valence-electron chi connectivity index (χ0n) is 15.3. The number of rotatable bonds is 6. The molecule has 1 saturated carbocycles. The maximum Gasteiger partial charge on any atom is 0.344 e. The zero-order valence-corrected chi connectivity index (χ0v) is 16.1. The van der Waals surface area contributed by atoms with Crippen LogP contribution in [0.25, 0.3) is 0 Å². The summed E-state index contributed by atoms with van der Waals surface area (Å²) < 4.78 is 1.57. The summed E-state index contributed by atoms with van der Waals surface area (Å²) in [5.74, 6) is 1.41. The lowest BCUT2D eigenvalue weighted by Gasteiger charge is -2.34. The second-order valence-electron chi connectivity index (χ2n) is 7.11. The van der Waals surface area contributed by atoms with Crippen molar-refractivity contribution < 1.29 is 4.79 Å². The van der Waals surface area contributed by atoms with Crippen molar-refractivity contribution in [3.63, 3.8) is 0 Å². The number of amides is 1. The molecule has 0 spiro atoms. The molecule has 3 atom stereocenters. The predicted molar refractivity (Wildman–Crippen MR) is 103 cm³/mol. The lowest BCUT2D eigenvalue weighted by Crippen LogP contribution is -2.44. The van der Waals surface area contributed by atoms with Gasteiger partial charge in [-0.25, -0.2) is 9.89 Å². The second kappa shape index (κ2) is 8.58. The van der Waals surface area contributed by atoms with Crippen LogP contribution in [0.5, 0.6) is 0 Å². The summed E-state index contributed by atoms with van der Waals surface area (Å²) in [6.07, 6.45) is 3.45. The largest absolute Gasteiger partial charge is 0.352 e. The van der Waals surface area contributed by atoms with Gasteiger partial charge in [0.25, 0.3) is 0 Å². The summed E-state index contributed by atoms with van der Waals surface area (Å²) in [7, 11) is 0. The van der Waals surface area contributed by atoms with Crippen molar-refractivity contribution in [2.45, 2.75) is 50.9 Å². The van der Waals surface area contributed by atoms with E-state index in [1.54, 1.807) is 4.57 Å². The third-order valence-electron chi connectivity index (χ3n) is 5.29. The van der Waals surface area contributed by atoms with E-state index in [1.165, 1.54) is 24.6 Å². The van der Waals surface area contributed by atoms with Gasteiger partial charge < -0.3 is 5.32 Å². The molecule has 2 N–H and O–H groups in total. The van der Waals surface area contributed by atoms with Crippen molar-refractivity contribution in [1.29, 1.82) is 0 Å². The minimum absolute atomic E-state index is 0.00246. The highest BCUT2D eigenvalue weighted by Crippen LogP contribution is 2.29. The first kappa shape index (κ1) is 18.8. The Labute approximate surface area is 157 Å². The van der Waals surface area contributed by atoms with Gasteiger partial charge in [0.2, 0.25) is 5.91 Å². The molecule has 1 heterocycles. The van der Waals surface area contributed by atoms with Crippen LogP contribution in [-0.2, 0) is 11.3 Å². The van der Waals surface area contributed by atoms with Crippen LogP contribution in [0.2, 0.25) is 0 Å². The number of carbonyl (C=O) groups excluding carboxylic acids is 1. The van der Waals surface area contributed by atoms with Crippen molar-refractivity contribution in [2.24, 2.45) is 11.8 Å². The van der Waals surface area contributed by atoms with Crippen molar-refractivity contribution in [1.82, 2.24) is 20.1 Å². The summed E-state index contributed by atoms with van der Waals surface area (Å²) in [4.78, 5) is 24.4. The van der Waals surface area contributed by atoms with E-state index in [9.17, 15) is 9.59 Å². The normalized spacial score (nSPS) is 22.9. The van der Waals surface area contributed by atoms with E-state index in [0.717, 1.165) is 12.0 Å². The van der Waals surface area contributed by atoms with Crippen LogP contribution in [0.1, 0.15) is 38.7 Å². The average Bonchev–Trinajstić information content (AvgIpc) is 2.98. The molecule has 1 aromatic heterocycles. The molecule has 0 unspecified atom stereocenters. The van der Waals surface area contributed by atoms with Crippen LogP contribution < -0.4 is 11.0 Å². The number of aromatic amines is 1. The first-order chi connectivity index (χ1) is 12.5. The van der Waals surface area contributed by atoms with Gasteiger partial charge in [0, 0.05) is 6.04 Å². The van der Waals surface area contributed by atoms with Crippen molar-refractivity contribution in [2.75, 3.05) is 5.75 Å². The molecule has 26 heavy (non-hydrogen) atoms. The number of nitrogens with one attached hydrogen (secondary N) is 2. The Morgan fingerprint density at radius 3 is 2.85 bits per heavy atom. The maximum atomic E-state index is 12.4. The Balaban J connectivity index is 1.58. The fourth-order valence-electron chi connectivity index (χ4n) is 3.48. The highest BCUT2D eigenvalue weighted by Gasteiger charge is 2.28. The number of thioether (sulfide) groups is 1. The van der Waals surface area contributed by atoms with E-state index in [4.69, 9.17) is 0 Å². The molecule has 1 aliphatic carbocycles. The van der Waals surface area contributed by atoms with Crippen LogP contribution in [0.4, 0.5) is 0 Å². The Morgan fingerprint density at radius 2 is 2.08 bits per heavy atom. The Bertz CT molecular complexity index is 786. The van der Waals surface area contributed by atoms with Crippen LogP contribution in [0, 0.1) is 11.8 Å². The molecule has 0 aliphatic heterocycles. The third kappa shape index (κ3) is 4.58. The molecule has 1 amide bonds. The molecule has 0 saturated heterocycles. The van der Waals surface area contributed by atoms with Crippen LogP contribution in [0.3, 0.4) is 0 Å². The van der Waals surface area contributed by atoms with E-state index in [1.807, 2.05) is 30.3 Å². The fourth-order valence-corrected chi connectivity index (χ4v) is 4.24. The minimum atomic E-state index is -0.258. The first-order valence-electron chi connectivity index (χ1n) is 9.16. The molecule has 0 bridgehead atoms. The quantitative estimate of drug-likeness (QED) is 0.762. The molecule has 1 aromatic carbocycles. The fraction of sp³-hybridized carbons (Fsp3) is 0.526. The number of hydrogen-bond donors (Lipinski definition) is 2. The molecule has 6 nitrogen and oxygen atoms in total. The monoisotopic (exact) mass is 374 g/mol. The average molecular weight is 375 g/mol. The molecule has 1 fully saturated rings. The van der Waals surface area contributed by atoms with Gasteiger partial charge in [0.1, 0.15) is 0 Å². The smallest absolute Gasteiger partial charge is 0.344 e. The number of benzene rings is 1. The SMILES string of the molecule is C[C@@H]1[C@H](C)CCC[C@@H]1NC(=O)CSc1n[nH]c(=O)n1Cc1ccccc1. The number of aromatic nitrogens is 3. The van der Waals surface area contributed by atoms with E-state index >= 15 is 0 Å². The number of H-pyrrole nitrogens is 1. The molecular weight excluding hydrogens is 348 g/mol. The molecule has 3 rings (SSSR count). The molecule has 1 aliphatic rings. The minimum Gasteiger partial charge on any atom is -0.352 e. The van der Waals surface area contributed by atoms with Crippen molar-refractivity contribution >= 4 is 17.7 Å². The predicted octanol–water partition coefficient (Wildman–Crippen LogP) is 2.65. The number of carbonyl (C=O) groups is 1. The summed E-state index contributed by atoms with van der Waals surface area (Å²) in [6.45, 7) is 4.91. The second-order valence-corrected chi connectivity index (χ2v) is 8.06. The maximum absolute atomic E-state index is 12.4. The van der Waals surface area contributed by atoms with E-state index in [-0.39, 0.29) is 23.4 Å².